The summed E-state index contributed by atoms with van der Waals surface area (Å²) in [5.41, 5.74) is 0.791. The summed E-state index contributed by atoms with van der Waals surface area (Å²) >= 11 is 0. The lowest BCUT2D eigenvalue weighted by Crippen LogP contribution is -2.28. The van der Waals surface area contributed by atoms with Crippen molar-refractivity contribution in [3.8, 4) is 0 Å². The summed E-state index contributed by atoms with van der Waals surface area (Å²) in [6, 6.07) is 0. The highest BCUT2D eigenvalue weighted by atomic mass is 16.3. The zero-order chi connectivity index (χ0) is 13.1. The summed E-state index contributed by atoms with van der Waals surface area (Å²) in [7, 11) is 1.90. The molecular weight excluding hydrogens is 230 g/mol. The number of aromatic nitrogens is 3. The molecule has 2 N–H and O–H groups in total. The minimum Gasteiger partial charge on any atom is -0.392 e. The van der Waals surface area contributed by atoms with E-state index >= 15 is 0 Å². The molecule has 0 fully saturated rings. The van der Waals surface area contributed by atoms with Crippen molar-refractivity contribution in [3.05, 3.63) is 18.6 Å². The summed E-state index contributed by atoms with van der Waals surface area (Å²) in [6.07, 6.45) is 5.13. The molecule has 2 heterocycles. The third-order valence-corrected chi connectivity index (χ3v) is 2.61. The second-order valence-electron chi connectivity index (χ2n) is 4.37. The summed E-state index contributed by atoms with van der Waals surface area (Å²) in [6.45, 7) is 5.12. The maximum Gasteiger partial charge on any atom is 0.180 e. The summed E-state index contributed by atoms with van der Waals surface area (Å²) in [4.78, 5) is 10.7. The zero-order valence-corrected chi connectivity index (χ0v) is 11.0. The van der Waals surface area contributed by atoms with Crippen LogP contribution in [0.15, 0.2) is 18.6 Å². The molecule has 0 radical (unpaired) electrons. The number of nitrogens with zero attached hydrogens (tertiary/aromatic N) is 4. The molecule has 6 nitrogen and oxygen atoms in total. The number of likely N-dealkylation sites (N-methyl/N-ethyl adjacent to an activating group) is 1. The highest BCUT2D eigenvalue weighted by Gasteiger charge is 2.13. The summed E-state index contributed by atoms with van der Waals surface area (Å²) in [5.74, 6) is 1.56. The average Bonchev–Trinajstić information content (AvgIpc) is 2.75. The highest BCUT2D eigenvalue weighted by molar-refractivity contribution is 5.66. The Labute approximate surface area is 106 Å². The standard InChI is InChI=1S/C12H19N5O/c1-4-13-10-8-17-6-5-14-11(17)12(15-10)16(3)7-9(2)18/h5-6,8-9,13,18H,4,7H2,1-3H3. The van der Waals surface area contributed by atoms with Gasteiger partial charge in [-0.2, -0.15) is 0 Å². The van der Waals surface area contributed by atoms with Gasteiger partial charge in [0.2, 0.25) is 0 Å². The lowest BCUT2D eigenvalue weighted by atomic mass is 10.3. The third-order valence-electron chi connectivity index (χ3n) is 2.61. The van der Waals surface area contributed by atoms with Gasteiger partial charge in [0.15, 0.2) is 11.5 Å². The predicted octanol–water partition coefficient (Wildman–Crippen LogP) is 0.978. The number of anilines is 2. The van der Waals surface area contributed by atoms with E-state index in [4.69, 9.17) is 0 Å². The smallest absolute Gasteiger partial charge is 0.180 e. The van der Waals surface area contributed by atoms with Crippen molar-refractivity contribution in [1.82, 2.24) is 14.4 Å². The van der Waals surface area contributed by atoms with Gasteiger partial charge in [0.05, 0.1) is 12.3 Å². The number of imidazole rings is 1. The molecule has 98 valence electrons. The molecule has 0 spiro atoms. The SMILES string of the molecule is CCNc1cn2ccnc2c(N(C)CC(C)O)n1. The first-order valence-electron chi connectivity index (χ1n) is 6.08. The van der Waals surface area contributed by atoms with E-state index in [-0.39, 0.29) is 0 Å². The normalized spacial score (nSPS) is 12.7. The Morgan fingerprint density at radius 2 is 2.33 bits per heavy atom. The zero-order valence-electron chi connectivity index (χ0n) is 11.0. The number of rotatable bonds is 5. The number of fused-ring (bicyclic) bond motifs is 1. The van der Waals surface area contributed by atoms with E-state index in [1.807, 2.05) is 35.7 Å². The first kappa shape index (κ1) is 12.6. The fraction of sp³-hybridized carbons (Fsp3) is 0.500. The van der Waals surface area contributed by atoms with Crippen molar-refractivity contribution < 1.29 is 5.11 Å². The van der Waals surface area contributed by atoms with Gasteiger partial charge in [-0.05, 0) is 13.8 Å². The van der Waals surface area contributed by atoms with Crippen molar-refractivity contribution in [2.75, 3.05) is 30.4 Å². The lowest BCUT2D eigenvalue weighted by Gasteiger charge is -2.21. The van der Waals surface area contributed by atoms with Crippen LogP contribution >= 0.6 is 0 Å². The molecule has 1 unspecified atom stereocenters. The van der Waals surface area contributed by atoms with Crippen molar-refractivity contribution in [3.63, 3.8) is 0 Å². The van der Waals surface area contributed by atoms with Crippen LogP contribution in [0.3, 0.4) is 0 Å². The number of hydrogen-bond donors (Lipinski definition) is 2. The lowest BCUT2D eigenvalue weighted by molar-refractivity contribution is 0.201. The highest BCUT2D eigenvalue weighted by Crippen LogP contribution is 2.19. The molecule has 0 aromatic carbocycles. The fourth-order valence-electron chi connectivity index (χ4n) is 1.92. The third kappa shape index (κ3) is 2.53. The maximum absolute atomic E-state index is 9.47. The molecule has 0 saturated heterocycles. The van der Waals surface area contributed by atoms with E-state index < -0.39 is 6.10 Å². The second kappa shape index (κ2) is 5.22. The molecule has 0 amide bonds. The van der Waals surface area contributed by atoms with Gasteiger partial charge in [-0.15, -0.1) is 0 Å². The monoisotopic (exact) mass is 249 g/mol. The van der Waals surface area contributed by atoms with Gasteiger partial charge in [-0.25, -0.2) is 9.97 Å². The van der Waals surface area contributed by atoms with Crippen LogP contribution in [0.25, 0.3) is 5.65 Å². The van der Waals surface area contributed by atoms with E-state index in [0.29, 0.717) is 6.54 Å². The fourth-order valence-corrected chi connectivity index (χ4v) is 1.92. The van der Waals surface area contributed by atoms with E-state index in [0.717, 1.165) is 23.8 Å². The van der Waals surface area contributed by atoms with Gasteiger partial charge in [-0.3, -0.25) is 0 Å². The predicted molar refractivity (Wildman–Crippen MR) is 72.1 cm³/mol. The molecule has 2 aromatic heterocycles. The Bertz CT molecular complexity index is 522. The van der Waals surface area contributed by atoms with Crippen LogP contribution in [0, 0.1) is 0 Å². The molecule has 0 bridgehead atoms. The van der Waals surface area contributed by atoms with Crippen LogP contribution in [0.1, 0.15) is 13.8 Å². The maximum atomic E-state index is 9.47. The van der Waals surface area contributed by atoms with Crippen LogP contribution in [-0.4, -0.2) is 45.7 Å². The topological polar surface area (TPSA) is 65.7 Å². The minimum absolute atomic E-state index is 0.408. The molecule has 0 aliphatic rings. The molecule has 18 heavy (non-hydrogen) atoms. The molecule has 0 aliphatic heterocycles. The number of nitrogens with one attached hydrogen (secondary N) is 1. The first-order valence-corrected chi connectivity index (χ1v) is 6.08. The van der Waals surface area contributed by atoms with Crippen molar-refractivity contribution in [1.29, 1.82) is 0 Å². The molecule has 6 heteroatoms. The minimum atomic E-state index is -0.408. The number of aliphatic hydroxyl groups is 1. The van der Waals surface area contributed by atoms with Gasteiger partial charge in [-0.1, -0.05) is 0 Å². The largest absolute Gasteiger partial charge is 0.392 e. The van der Waals surface area contributed by atoms with Gasteiger partial charge in [0, 0.05) is 32.5 Å². The van der Waals surface area contributed by atoms with Crippen molar-refractivity contribution >= 4 is 17.3 Å². The van der Waals surface area contributed by atoms with E-state index in [1.165, 1.54) is 0 Å². The molecule has 0 aliphatic carbocycles. The Hall–Kier alpha value is -1.82. The van der Waals surface area contributed by atoms with Gasteiger partial charge in [0.25, 0.3) is 0 Å². The molecule has 2 rings (SSSR count). The molecular formula is C12H19N5O. The van der Waals surface area contributed by atoms with Gasteiger partial charge >= 0.3 is 0 Å². The summed E-state index contributed by atoms with van der Waals surface area (Å²) < 4.78 is 1.93. The van der Waals surface area contributed by atoms with Gasteiger partial charge in [0.1, 0.15) is 5.82 Å². The van der Waals surface area contributed by atoms with E-state index in [1.54, 1.807) is 13.1 Å². The Balaban J connectivity index is 2.42. The molecule has 1 atom stereocenters. The van der Waals surface area contributed by atoms with Crippen LogP contribution in [0.5, 0.6) is 0 Å². The van der Waals surface area contributed by atoms with Gasteiger partial charge < -0.3 is 19.7 Å². The van der Waals surface area contributed by atoms with E-state index in [9.17, 15) is 5.11 Å². The Morgan fingerprint density at radius 3 is 3.00 bits per heavy atom. The van der Waals surface area contributed by atoms with Crippen LogP contribution < -0.4 is 10.2 Å². The molecule has 0 saturated carbocycles. The number of aliphatic hydroxyl groups excluding tert-OH is 1. The van der Waals surface area contributed by atoms with E-state index in [2.05, 4.69) is 15.3 Å². The van der Waals surface area contributed by atoms with Crippen LogP contribution in [-0.2, 0) is 0 Å². The average molecular weight is 249 g/mol. The van der Waals surface area contributed by atoms with Crippen molar-refractivity contribution in [2.45, 2.75) is 20.0 Å². The van der Waals surface area contributed by atoms with Crippen LogP contribution in [0.2, 0.25) is 0 Å². The summed E-state index contributed by atoms with van der Waals surface area (Å²) in [5, 5.41) is 12.7. The quantitative estimate of drug-likeness (QED) is 0.827. The van der Waals surface area contributed by atoms with Crippen molar-refractivity contribution in [2.24, 2.45) is 0 Å². The first-order chi connectivity index (χ1) is 8.61. The Kier molecular flexibility index (Phi) is 3.66. The Morgan fingerprint density at radius 1 is 1.56 bits per heavy atom. The number of hydrogen-bond acceptors (Lipinski definition) is 5. The second-order valence-corrected chi connectivity index (χ2v) is 4.37. The molecule has 2 aromatic rings. The van der Waals surface area contributed by atoms with Crippen LogP contribution in [0.4, 0.5) is 11.6 Å².